The predicted molar refractivity (Wildman–Crippen MR) is 242 cm³/mol. The van der Waals surface area contributed by atoms with Crippen molar-refractivity contribution in [3.8, 4) is 11.5 Å². The van der Waals surface area contributed by atoms with Crippen molar-refractivity contribution in [3.05, 3.63) is 57.6 Å². The normalized spacial score (nSPS) is 18.7. The third-order valence-electron chi connectivity index (χ3n) is 11.5. The van der Waals surface area contributed by atoms with Crippen LogP contribution in [-0.4, -0.2) is 116 Å². The number of carboxylic acid groups (broad SMARTS) is 2. The smallest absolute Gasteiger partial charge is 0.350 e. The van der Waals surface area contributed by atoms with Gasteiger partial charge in [0.05, 0.1) is 51.4 Å². The quantitative estimate of drug-likeness (QED) is 0.0996. The molecule has 0 aromatic heterocycles. The summed E-state index contributed by atoms with van der Waals surface area (Å²) in [5.41, 5.74) is 5.69. The van der Waals surface area contributed by atoms with Crippen LogP contribution in [0.4, 0.5) is 0 Å². The van der Waals surface area contributed by atoms with E-state index >= 15 is 0 Å². The van der Waals surface area contributed by atoms with Crippen LogP contribution in [0.1, 0.15) is 161 Å². The van der Waals surface area contributed by atoms with Crippen LogP contribution in [0.3, 0.4) is 0 Å². The third-order valence-corrected chi connectivity index (χ3v) is 11.5. The van der Waals surface area contributed by atoms with Crippen molar-refractivity contribution in [2.75, 3.05) is 39.3 Å². The van der Waals surface area contributed by atoms with E-state index in [0.29, 0.717) is 11.5 Å². The molecule has 2 heterocycles. The Kier molecular flexibility index (Phi) is 19.4. The molecule has 5 rings (SSSR count). The van der Waals surface area contributed by atoms with E-state index in [1.165, 1.54) is 29.9 Å². The molecule has 0 amide bonds. The zero-order valence-corrected chi connectivity index (χ0v) is 38.4. The number of aryl methyl sites for hydroxylation is 1. The van der Waals surface area contributed by atoms with Gasteiger partial charge in [-0.25, -0.2) is 0 Å². The van der Waals surface area contributed by atoms with Crippen LogP contribution < -0.4 is 0 Å². The minimum Gasteiger partial charge on any atom is -0.507 e. The van der Waals surface area contributed by atoms with E-state index in [1.807, 2.05) is 12.4 Å². The summed E-state index contributed by atoms with van der Waals surface area (Å²) in [6, 6.07) is 8.67. The van der Waals surface area contributed by atoms with Crippen molar-refractivity contribution in [1.82, 2.24) is 9.80 Å². The van der Waals surface area contributed by atoms with Gasteiger partial charge in [-0.05, 0) is 77.7 Å². The van der Waals surface area contributed by atoms with E-state index < -0.39 is 18.4 Å². The number of rotatable bonds is 11. The van der Waals surface area contributed by atoms with E-state index in [9.17, 15) is 19.8 Å². The molecule has 11 nitrogen and oxygen atoms in total. The fourth-order valence-corrected chi connectivity index (χ4v) is 8.11. The third kappa shape index (κ3) is 14.3. The Bertz CT molecular complexity index is 1840. The first-order valence-electron chi connectivity index (χ1n) is 21.5. The van der Waals surface area contributed by atoms with Crippen molar-refractivity contribution in [2.45, 2.75) is 163 Å². The summed E-state index contributed by atoms with van der Waals surface area (Å²) in [5.74, 6) is -0.516. The average Bonchev–Trinajstić information content (AvgIpc) is 3.13. The van der Waals surface area contributed by atoms with Gasteiger partial charge in [0.2, 0.25) is 0 Å². The van der Waals surface area contributed by atoms with Gasteiger partial charge in [0.1, 0.15) is 17.9 Å². The van der Waals surface area contributed by atoms with E-state index in [4.69, 9.17) is 20.2 Å². The van der Waals surface area contributed by atoms with E-state index in [1.54, 1.807) is 0 Å². The monoisotopic (exact) mass is 878 g/mol. The van der Waals surface area contributed by atoms with Gasteiger partial charge in [0.25, 0.3) is 0 Å². The fourth-order valence-electron chi connectivity index (χ4n) is 8.11. The minimum atomic E-state index is -1.31. The molecule has 2 aromatic carbocycles. The van der Waals surface area contributed by atoms with Gasteiger partial charge < -0.3 is 20.4 Å². The molecule has 0 spiro atoms. The van der Waals surface area contributed by atoms with Gasteiger partial charge in [-0.1, -0.05) is 94.7 Å². The van der Waals surface area contributed by atoms with Gasteiger partial charge in [-0.2, -0.15) is 0 Å². The maximum atomic E-state index is 11.7. The number of aromatic hydroxyl groups is 2. The molecule has 1 saturated carbocycles. The van der Waals surface area contributed by atoms with Crippen molar-refractivity contribution < 1.29 is 51.4 Å². The average molecular weight is 878 g/mol. The molecular weight excluding hydrogens is 801 g/mol. The van der Waals surface area contributed by atoms with Gasteiger partial charge >= 0.3 is 17.9 Å². The number of carbonyl (C=O) groups is 2. The number of hydrogen-bond donors (Lipinski definition) is 4. The van der Waals surface area contributed by atoms with Gasteiger partial charge in [-0.3, -0.25) is 33.9 Å². The summed E-state index contributed by atoms with van der Waals surface area (Å²) in [5, 5.41) is 38.4. The fraction of sp³-hybridized carbons (Fsp3) is 0.646. The Morgan fingerprint density at radius 1 is 0.733 bits per heavy atom. The maximum absolute atomic E-state index is 11.7. The summed E-state index contributed by atoms with van der Waals surface area (Å²) in [7, 11) is 0. The number of phenols is 2. The summed E-state index contributed by atoms with van der Waals surface area (Å²) >= 11 is 0. The topological polar surface area (TPSA) is 149 Å². The van der Waals surface area contributed by atoms with Crippen LogP contribution >= 0.6 is 0 Å². The molecular formula is C48H76CoN5O6+. The number of aliphatic imine (C=N–C) groups is 2. The predicted octanol–water partition coefficient (Wildman–Crippen LogP) is 8.75. The Hall–Kier alpha value is -3.90. The van der Waals surface area contributed by atoms with Crippen LogP contribution in [-0.2, 0) is 49.0 Å². The van der Waals surface area contributed by atoms with Crippen LogP contribution in [0.15, 0.2) is 34.3 Å². The molecule has 337 valence electrons. The Morgan fingerprint density at radius 3 is 1.67 bits per heavy atom. The van der Waals surface area contributed by atoms with Crippen LogP contribution in [0.25, 0.3) is 0 Å². The number of aliphatic carboxylic acids is 2. The van der Waals surface area contributed by atoms with Crippen LogP contribution in [0.5, 0.6) is 11.5 Å². The second-order valence-electron chi connectivity index (χ2n) is 19.4. The Labute approximate surface area is 371 Å². The molecule has 0 bridgehead atoms. The zero-order valence-electron chi connectivity index (χ0n) is 37.4. The van der Waals surface area contributed by atoms with Gasteiger partial charge in [-0.15, -0.1) is 0 Å². The first-order chi connectivity index (χ1) is 27.1. The van der Waals surface area contributed by atoms with Gasteiger partial charge in [0, 0.05) is 58.7 Å². The number of guanidine groups is 1. The standard InChI is InChI=1S/C44H67N5O2.C3H4O4.CH4.Co/c1-11-47-21-15-22-49-24-16-23-48(41(47)49)20-14-17-31-25-34(42(2,3)4)26-32(39(31)50)29-45-37-18-12-13-19-38(37)46-30-33-27-35(43(5,6)7)28-36(40(33)51)44(8,9)10;4-2(5)1-3(6)7;;/h25-30,37-38H,11-24H2,1-10H3,(H-,45,46,50,51);1H2,(H,4,5)(H,6,7);1H4;/p+1. The van der Waals surface area contributed by atoms with Crippen LogP contribution in [0.2, 0.25) is 0 Å². The van der Waals surface area contributed by atoms with E-state index in [-0.39, 0.29) is 52.5 Å². The molecule has 1 radical (unpaired) electrons. The number of benzene rings is 2. The van der Waals surface area contributed by atoms with Gasteiger partial charge in [0.15, 0.2) is 0 Å². The largest absolute Gasteiger partial charge is 0.507 e. The Morgan fingerprint density at radius 2 is 1.22 bits per heavy atom. The molecule has 1 aliphatic carbocycles. The second kappa shape index (κ2) is 22.3. The Balaban J connectivity index is 0.00000127. The van der Waals surface area contributed by atoms with E-state index in [2.05, 4.69) is 108 Å². The number of carboxylic acids is 2. The summed E-state index contributed by atoms with van der Waals surface area (Å²) in [6.07, 6.45) is 11.4. The molecule has 60 heavy (non-hydrogen) atoms. The molecule has 2 aromatic rings. The van der Waals surface area contributed by atoms with Crippen molar-refractivity contribution >= 4 is 30.3 Å². The van der Waals surface area contributed by atoms with Crippen molar-refractivity contribution in [1.29, 1.82) is 0 Å². The number of phenolic OH excluding ortho intramolecular Hbond substituents is 2. The SMILES string of the molecule is C.CCN1CCC[N+]2=C1N(CCCc1cc(C(C)(C)C)cc(C=NC3CCCCC3N=Cc3cc(C(C)(C)C)cc(C(C)(C)C)c3O)c1O)CCC2.O=C(O)CC(=O)O.[Co]. The molecule has 12 heteroatoms. The molecule has 4 N–H and O–H groups in total. The molecule has 2 atom stereocenters. The first-order valence-corrected chi connectivity index (χ1v) is 21.5. The maximum Gasteiger partial charge on any atom is 0.350 e. The summed E-state index contributed by atoms with van der Waals surface area (Å²) in [4.78, 5) is 34.2. The first kappa shape index (κ1) is 52.2. The van der Waals surface area contributed by atoms with Crippen molar-refractivity contribution in [3.63, 3.8) is 0 Å². The second-order valence-corrected chi connectivity index (χ2v) is 19.4. The summed E-state index contributed by atoms with van der Waals surface area (Å²) < 4.78 is 2.58. The number of nitrogens with zero attached hydrogens (tertiary/aromatic N) is 5. The molecule has 1 fully saturated rings. The molecule has 3 aliphatic rings. The molecule has 0 saturated heterocycles. The molecule has 2 aliphatic heterocycles. The zero-order chi connectivity index (χ0) is 43.0. The van der Waals surface area contributed by atoms with Crippen LogP contribution in [0, 0.1) is 0 Å². The summed E-state index contributed by atoms with van der Waals surface area (Å²) in [6.45, 7) is 28.7. The van der Waals surface area contributed by atoms with Crippen molar-refractivity contribution in [2.24, 2.45) is 9.98 Å². The molecule has 2 unspecified atom stereocenters. The van der Waals surface area contributed by atoms with E-state index in [0.717, 1.165) is 100 Å². The number of hydrogen-bond acceptors (Lipinski definition) is 8. The minimum absolute atomic E-state index is 0.